The number of aromatic amines is 1. The molecule has 0 atom stereocenters. The van der Waals surface area contributed by atoms with Crippen molar-refractivity contribution in [3.05, 3.63) is 69.2 Å². The van der Waals surface area contributed by atoms with Crippen LogP contribution < -0.4 is 15.0 Å². The van der Waals surface area contributed by atoms with E-state index in [4.69, 9.17) is 21.1 Å². The summed E-state index contributed by atoms with van der Waals surface area (Å²) in [5, 5.41) is 8.51. The molecule has 6 rings (SSSR count). The van der Waals surface area contributed by atoms with E-state index in [0.29, 0.717) is 60.5 Å². The molecule has 13 heteroatoms. The molecule has 0 saturated carbocycles. The van der Waals surface area contributed by atoms with E-state index >= 15 is 0 Å². The summed E-state index contributed by atoms with van der Waals surface area (Å²) in [7, 11) is -3.66. The fourth-order valence-electron chi connectivity index (χ4n) is 4.54. The lowest BCUT2D eigenvalue weighted by molar-refractivity contribution is 0.174. The van der Waals surface area contributed by atoms with Gasteiger partial charge < -0.3 is 14.5 Å². The minimum absolute atomic E-state index is 0.109. The summed E-state index contributed by atoms with van der Waals surface area (Å²) in [5.41, 5.74) is 1.05. The highest BCUT2D eigenvalue weighted by atomic mass is 35.5. The average molecular weight is 529 g/mol. The molecule has 1 fully saturated rings. The Balaban J connectivity index is 1.23. The van der Waals surface area contributed by atoms with Crippen molar-refractivity contribution in [2.75, 3.05) is 19.9 Å². The van der Waals surface area contributed by atoms with Crippen LogP contribution in [-0.2, 0) is 16.6 Å². The lowest BCUT2D eigenvalue weighted by Gasteiger charge is -2.30. The molecule has 0 unspecified atom stereocenters. The van der Waals surface area contributed by atoms with Crippen molar-refractivity contribution in [2.24, 2.45) is 0 Å². The maximum atomic E-state index is 13.0. The van der Waals surface area contributed by atoms with E-state index in [1.807, 2.05) is 18.2 Å². The molecule has 186 valence electrons. The van der Waals surface area contributed by atoms with Crippen LogP contribution in [0.5, 0.6) is 11.5 Å². The topological polar surface area (TPSA) is 132 Å². The fourth-order valence-corrected chi connectivity index (χ4v) is 6.31. The first-order valence-corrected chi connectivity index (χ1v) is 13.2. The van der Waals surface area contributed by atoms with Gasteiger partial charge in [-0.2, -0.15) is 4.31 Å². The van der Waals surface area contributed by atoms with Crippen LogP contribution in [0.15, 0.2) is 52.2 Å². The Morgan fingerprint density at radius 2 is 1.89 bits per heavy atom. The van der Waals surface area contributed by atoms with Gasteiger partial charge in [0, 0.05) is 24.0 Å². The van der Waals surface area contributed by atoms with Crippen LogP contribution in [0, 0.1) is 0 Å². The van der Waals surface area contributed by atoms with Crippen molar-refractivity contribution in [1.29, 1.82) is 0 Å². The lowest BCUT2D eigenvalue weighted by Crippen LogP contribution is -2.38. The maximum absolute atomic E-state index is 13.0. The summed E-state index contributed by atoms with van der Waals surface area (Å²) in [6, 6.07) is 11.8. The van der Waals surface area contributed by atoms with Crippen molar-refractivity contribution >= 4 is 32.8 Å². The van der Waals surface area contributed by atoms with Crippen LogP contribution in [-0.4, -0.2) is 57.6 Å². The molecule has 0 aliphatic carbocycles. The van der Waals surface area contributed by atoms with E-state index < -0.39 is 10.0 Å². The summed E-state index contributed by atoms with van der Waals surface area (Å²) >= 11 is 5.99. The van der Waals surface area contributed by atoms with Crippen molar-refractivity contribution in [1.82, 2.24) is 29.3 Å². The number of halogens is 1. The number of hydrogen-bond donors (Lipinski definition) is 1. The van der Waals surface area contributed by atoms with E-state index in [2.05, 4.69) is 20.3 Å². The first-order chi connectivity index (χ1) is 17.4. The van der Waals surface area contributed by atoms with E-state index in [9.17, 15) is 13.2 Å². The van der Waals surface area contributed by atoms with E-state index in [-0.39, 0.29) is 28.7 Å². The van der Waals surface area contributed by atoms with Gasteiger partial charge in [0.25, 0.3) is 5.56 Å². The molecule has 0 amide bonds. The molecule has 1 saturated heterocycles. The Hall–Kier alpha value is -3.48. The Morgan fingerprint density at radius 1 is 1.08 bits per heavy atom. The van der Waals surface area contributed by atoms with Gasteiger partial charge in [-0.15, -0.1) is 5.10 Å². The molecule has 0 bridgehead atoms. The summed E-state index contributed by atoms with van der Waals surface area (Å²) < 4.78 is 39.9. The third-order valence-corrected chi connectivity index (χ3v) is 8.57. The second-order valence-electron chi connectivity index (χ2n) is 8.69. The van der Waals surface area contributed by atoms with Gasteiger partial charge in [-0.3, -0.25) is 4.79 Å². The van der Waals surface area contributed by atoms with Crippen molar-refractivity contribution in [3.8, 4) is 11.5 Å². The minimum Gasteiger partial charge on any atom is -0.454 e. The lowest BCUT2D eigenvalue weighted by atomic mass is 9.97. The van der Waals surface area contributed by atoms with Crippen LogP contribution in [0.2, 0.25) is 5.02 Å². The van der Waals surface area contributed by atoms with Crippen LogP contribution in [0.1, 0.15) is 30.1 Å². The second-order valence-corrected chi connectivity index (χ2v) is 11.1. The minimum atomic E-state index is -3.66. The Labute approximate surface area is 210 Å². The van der Waals surface area contributed by atoms with Crippen LogP contribution >= 0.6 is 11.6 Å². The fraction of sp³-hybridized carbons (Fsp3) is 0.304. The first kappa shape index (κ1) is 23.0. The molecular formula is C23H21ClN6O5S. The molecule has 2 aliphatic rings. The molecule has 11 nitrogen and oxygen atoms in total. The van der Waals surface area contributed by atoms with Gasteiger partial charge in [-0.25, -0.2) is 18.1 Å². The number of piperidine rings is 1. The average Bonchev–Trinajstić information content (AvgIpc) is 3.51. The Bertz CT molecular complexity index is 1630. The zero-order valence-corrected chi connectivity index (χ0v) is 20.5. The van der Waals surface area contributed by atoms with Gasteiger partial charge >= 0.3 is 0 Å². The predicted molar refractivity (Wildman–Crippen MR) is 130 cm³/mol. The van der Waals surface area contributed by atoms with Crippen molar-refractivity contribution < 1.29 is 17.9 Å². The molecule has 0 spiro atoms. The highest BCUT2D eigenvalue weighted by Gasteiger charge is 2.31. The summed E-state index contributed by atoms with van der Waals surface area (Å²) in [4.78, 5) is 20.4. The van der Waals surface area contributed by atoms with Crippen molar-refractivity contribution in [2.45, 2.75) is 30.2 Å². The van der Waals surface area contributed by atoms with E-state index in [0.717, 1.165) is 5.56 Å². The van der Waals surface area contributed by atoms with Crippen LogP contribution in [0.3, 0.4) is 0 Å². The molecule has 1 N–H and O–H groups in total. The van der Waals surface area contributed by atoms with Crippen LogP contribution in [0.25, 0.3) is 11.2 Å². The number of sulfonamides is 1. The largest absolute Gasteiger partial charge is 0.454 e. The van der Waals surface area contributed by atoms with Gasteiger partial charge in [0.2, 0.25) is 16.8 Å². The Morgan fingerprint density at radius 3 is 2.69 bits per heavy atom. The monoisotopic (exact) mass is 528 g/mol. The zero-order valence-electron chi connectivity index (χ0n) is 18.9. The quantitative estimate of drug-likeness (QED) is 0.418. The van der Waals surface area contributed by atoms with Gasteiger partial charge in [-0.1, -0.05) is 28.9 Å². The molecule has 36 heavy (non-hydrogen) atoms. The van der Waals surface area contributed by atoms with E-state index in [1.165, 1.54) is 16.4 Å². The SMILES string of the molecule is O=c1[nH]c(C2CCN(S(=O)(=O)c3cccc(Cl)c3)CC2)nc2c1nnn2Cc1ccc2c(c1)OCO2. The number of H-pyrrole nitrogens is 1. The third kappa shape index (κ3) is 4.10. The highest BCUT2D eigenvalue weighted by molar-refractivity contribution is 7.89. The highest BCUT2D eigenvalue weighted by Crippen LogP contribution is 2.33. The van der Waals surface area contributed by atoms with Gasteiger partial charge in [0.1, 0.15) is 5.82 Å². The number of hydrogen-bond acceptors (Lipinski definition) is 8. The summed E-state index contributed by atoms with van der Waals surface area (Å²) in [5.74, 6) is 1.73. The normalized spacial score (nSPS) is 16.6. The third-order valence-electron chi connectivity index (χ3n) is 6.44. The van der Waals surface area contributed by atoms with Gasteiger partial charge in [-0.05, 0) is 48.7 Å². The standard InChI is InChI=1S/C23H21ClN6O5S/c24-16-2-1-3-17(11-16)36(32,33)29-8-6-15(7-9-29)21-25-22-20(23(31)26-21)27-28-30(22)12-14-4-5-18-19(10-14)35-13-34-18/h1-5,10-11,15H,6-9,12-13H2,(H,25,26,31). The number of fused-ring (bicyclic) bond motifs is 2. The maximum Gasteiger partial charge on any atom is 0.281 e. The number of nitrogens with one attached hydrogen (secondary N) is 1. The van der Waals surface area contributed by atoms with Gasteiger partial charge in [0.05, 0.1) is 11.4 Å². The predicted octanol–water partition coefficient (Wildman–Crippen LogP) is 2.51. The number of aromatic nitrogens is 5. The smallest absolute Gasteiger partial charge is 0.281 e. The molecule has 2 aliphatic heterocycles. The number of ether oxygens (including phenoxy) is 2. The first-order valence-electron chi connectivity index (χ1n) is 11.4. The molecule has 2 aromatic heterocycles. The number of rotatable bonds is 5. The molecule has 0 radical (unpaired) electrons. The molecule has 2 aromatic carbocycles. The zero-order chi connectivity index (χ0) is 24.9. The molecule has 4 heterocycles. The van der Waals surface area contributed by atoms with Gasteiger partial charge in [0.15, 0.2) is 22.7 Å². The molecular weight excluding hydrogens is 508 g/mol. The van der Waals surface area contributed by atoms with Crippen LogP contribution in [0.4, 0.5) is 0 Å². The summed E-state index contributed by atoms with van der Waals surface area (Å²) in [6.45, 7) is 1.13. The summed E-state index contributed by atoms with van der Waals surface area (Å²) in [6.07, 6.45) is 1.02. The van der Waals surface area contributed by atoms with Crippen molar-refractivity contribution in [3.63, 3.8) is 0 Å². The van der Waals surface area contributed by atoms with E-state index in [1.54, 1.807) is 16.8 Å². The number of nitrogens with zero attached hydrogens (tertiary/aromatic N) is 5. The second kappa shape index (κ2) is 8.87. The number of benzene rings is 2. The Kier molecular flexibility index (Phi) is 5.66. The molecule has 4 aromatic rings.